The molecule has 103 heavy (non-hydrogen) atoms. The summed E-state index contributed by atoms with van der Waals surface area (Å²) >= 11 is 0. The lowest BCUT2D eigenvalue weighted by Gasteiger charge is -2.21. The van der Waals surface area contributed by atoms with E-state index in [0.717, 1.165) is 114 Å². The Kier molecular flexibility index (Phi) is 71.5. The molecule has 19 heteroatoms. The number of phosphoric ester groups is 2. The molecule has 0 aliphatic rings. The van der Waals surface area contributed by atoms with E-state index in [2.05, 4.69) is 55.4 Å². The Morgan fingerprint density at radius 1 is 0.272 bits per heavy atom. The second kappa shape index (κ2) is 72.9. The fourth-order valence-corrected chi connectivity index (χ4v) is 14.5. The van der Waals surface area contributed by atoms with Crippen LogP contribution in [-0.2, 0) is 65.4 Å². The maximum absolute atomic E-state index is 13.1. The number of hydrogen-bond donors (Lipinski definition) is 3. The summed E-state index contributed by atoms with van der Waals surface area (Å²) in [4.78, 5) is 73.1. The van der Waals surface area contributed by atoms with Crippen molar-refractivity contribution in [3.05, 3.63) is 0 Å². The molecule has 612 valence electrons. The number of ether oxygens (including phenoxy) is 4. The molecule has 0 amide bonds. The fraction of sp³-hybridized carbons (Fsp3) is 0.952. The summed E-state index contributed by atoms with van der Waals surface area (Å²) in [7, 11) is -9.92. The summed E-state index contributed by atoms with van der Waals surface area (Å²) in [6, 6.07) is 0. The molecule has 6 atom stereocenters. The van der Waals surface area contributed by atoms with Crippen molar-refractivity contribution in [2.24, 2.45) is 23.7 Å². The van der Waals surface area contributed by atoms with Gasteiger partial charge in [0.2, 0.25) is 0 Å². The summed E-state index contributed by atoms with van der Waals surface area (Å²) in [5.74, 6) is 1.00. The summed E-state index contributed by atoms with van der Waals surface area (Å²) in [5, 5.41) is 10.7. The van der Waals surface area contributed by atoms with Gasteiger partial charge in [-0.25, -0.2) is 9.13 Å². The van der Waals surface area contributed by atoms with Crippen molar-refractivity contribution in [3.8, 4) is 0 Å². The molecule has 0 aliphatic carbocycles. The third kappa shape index (κ3) is 76.6. The van der Waals surface area contributed by atoms with E-state index in [-0.39, 0.29) is 25.7 Å². The zero-order valence-corrected chi connectivity index (χ0v) is 69.7. The van der Waals surface area contributed by atoms with Gasteiger partial charge < -0.3 is 33.8 Å². The summed E-state index contributed by atoms with van der Waals surface area (Å²) in [5.41, 5.74) is 0. The number of unbranched alkanes of at least 4 members (excludes halogenated alkanes) is 46. The highest BCUT2D eigenvalue weighted by atomic mass is 31.2. The van der Waals surface area contributed by atoms with E-state index in [4.69, 9.17) is 37.0 Å². The molecule has 3 N–H and O–H groups in total. The lowest BCUT2D eigenvalue weighted by Crippen LogP contribution is -2.30. The second-order valence-corrected chi connectivity index (χ2v) is 34.8. The van der Waals surface area contributed by atoms with E-state index in [0.29, 0.717) is 31.6 Å². The standard InChI is InChI=1S/C84H164O17P2/c1-9-77(8)63-55-47-38-32-28-29-35-41-51-59-67-84(89)101-80(71-95-82(87)65-57-49-43-42-46-54-62-76(6)7)73-99-103(92,93)97-69-78(85)68-96-102(90,91)98-72-79(70-94-81(86)64-56-48-39-33-26-22-18-15-14-17-21-25-31-37-45-53-61-75(4)5)100-83(88)66-58-50-40-34-27-23-19-13-11-10-12-16-20-24-30-36-44-52-60-74(2)3/h74-80,85H,9-73H2,1-8H3,(H,90,91)(H,92,93)/t77?,78-,79-,80-/m1/s1. The van der Waals surface area contributed by atoms with Gasteiger partial charge in [0.1, 0.15) is 19.3 Å². The van der Waals surface area contributed by atoms with E-state index in [1.807, 2.05) is 0 Å². The third-order valence-corrected chi connectivity index (χ3v) is 21.8. The minimum absolute atomic E-state index is 0.105. The zero-order chi connectivity index (χ0) is 76.0. The number of rotatable bonds is 81. The van der Waals surface area contributed by atoms with Crippen molar-refractivity contribution < 1.29 is 80.2 Å². The van der Waals surface area contributed by atoms with Gasteiger partial charge in [0.25, 0.3) is 0 Å². The number of hydrogen-bond acceptors (Lipinski definition) is 15. The topological polar surface area (TPSA) is 237 Å². The molecule has 0 aromatic rings. The van der Waals surface area contributed by atoms with E-state index >= 15 is 0 Å². The molecule has 0 heterocycles. The molecule has 0 saturated carbocycles. The van der Waals surface area contributed by atoms with Crippen molar-refractivity contribution in [2.45, 2.75) is 453 Å². The van der Waals surface area contributed by atoms with Crippen molar-refractivity contribution >= 4 is 39.5 Å². The van der Waals surface area contributed by atoms with Crippen LogP contribution in [0.3, 0.4) is 0 Å². The van der Waals surface area contributed by atoms with E-state index in [1.54, 1.807) is 0 Å². The predicted octanol–water partition coefficient (Wildman–Crippen LogP) is 25.2. The maximum atomic E-state index is 13.1. The van der Waals surface area contributed by atoms with Crippen LogP contribution in [0.15, 0.2) is 0 Å². The number of carbonyl (C=O) groups excluding carboxylic acids is 4. The molecule has 17 nitrogen and oxygen atoms in total. The largest absolute Gasteiger partial charge is 0.472 e. The Balaban J connectivity index is 5.22. The lowest BCUT2D eigenvalue weighted by molar-refractivity contribution is -0.161. The molecule has 0 aliphatic heterocycles. The lowest BCUT2D eigenvalue weighted by atomic mass is 9.99. The molecule has 3 unspecified atom stereocenters. The first-order chi connectivity index (χ1) is 49.6. The number of aliphatic hydroxyl groups excluding tert-OH is 1. The summed E-state index contributed by atoms with van der Waals surface area (Å²) < 4.78 is 68.8. The molecule has 0 rings (SSSR count). The second-order valence-electron chi connectivity index (χ2n) is 31.9. The number of esters is 4. The smallest absolute Gasteiger partial charge is 0.462 e. The quantitative estimate of drug-likeness (QED) is 0.0222. The van der Waals surface area contributed by atoms with E-state index in [9.17, 15) is 43.2 Å². The molecule has 0 aromatic carbocycles. The van der Waals surface area contributed by atoms with Crippen LogP contribution < -0.4 is 0 Å². The Hall–Kier alpha value is -1.94. The van der Waals surface area contributed by atoms with Gasteiger partial charge in [-0.05, 0) is 49.4 Å². The Bertz CT molecular complexity index is 2010. The van der Waals surface area contributed by atoms with Crippen molar-refractivity contribution in [1.82, 2.24) is 0 Å². The van der Waals surface area contributed by atoms with Crippen LogP contribution in [0, 0.1) is 23.7 Å². The van der Waals surface area contributed by atoms with Crippen LogP contribution >= 0.6 is 15.6 Å². The van der Waals surface area contributed by atoms with Crippen LogP contribution in [0.5, 0.6) is 0 Å². The van der Waals surface area contributed by atoms with Crippen molar-refractivity contribution in [1.29, 1.82) is 0 Å². The first-order valence-corrected chi connectivity index (χ1v) is 46.2. The van der Waals surface area contributed by atoms with Gasteiger partial charge in [0.05, 0.1) is 26.4 Å². The monoisotopic (exact) mass is 1510 g/mol. The average molecular weight is 1510 g/mol. The molecule has 0 saturated heterocycles. The summed E-state index contributed by atoms with van der Waals surface area (Å²) in [6.45, 7) is 14.3. The highest BCUT2D eigenvalue weighted by molar-refractivity contribution is 7.47. The Morgan fingerprint density at radius 3 is 0.689 bits per heavy atom. The average Bonchev–Trinajstić information content (AvgIpc) is 0.911. The highest BCUT2D eigenvalue weighted by Crippen LogP contribution is 2.45. The van der Waals surface area contributed by atoms with E-state index in [1.165, 1.54) is 231 Å². The van der Waals surface area contributed by atoms with Crippen LogP contribution in [0.4, 0.5) is 0 Å². The minimum Gasteiger partial charge on any atom is -0.462 e. The van der Waals surface area contributed by atoms with Crippen molar-refractivity contribution in [2.75, 3.05) is 39.6 Å². The normalized spacial score (nSPS) is 14.2. The van der Waals surface area contributed by atoms with Crippen LogP contribution in [0.2, 0.25) is 0 Å². The number of phosphoric acid groups is 2. The van der Waals surface area contributed by atoms with Gasteiger partial charge >= 0.3 is 39.5 Å². The Labute approximate surface area is 632 Å². The number of carbonyl (C=O) groups is 4. The molecular weight excluding hydrogens is 1340 g/mol. The van der Waals surface area contributed by atoms with Gasteiger partial charge in [0, 0.05) is 25.7 Å². The van der Waals surface area contributed by atoms with Gasteiger partial charge in [-0.2, -0.15) is 0 Å². The molecule has 0 fully saturated rings. The first kappa shape index (κ1) is 101. The van der Waals surface area contributed by atoms with Crippen LogP contribution in [0.25, 0.3) is 0 Å². The molecular formula is C84H164O17P2. The fourth-order valence-electron chi connectivity index (χ4n) is 12.9. The third-order valence-electron chi connectivity index (χ3n) is 19.9. The molecule has 0 bridgehead atoms. The van der Waals surface area contributed by atoms with Gasteiger partial charge in [-0.15, -0.1) is 0 Å². The van der Waals surface area contributed by atoms with Crippen LogP contribution in [0.1, 0.15) is 434 Å². The maximum Gasteiger partial charge on any atom is 0.472 e. The molecule has 0 aromatic heterocycles. The first-order valence-electron chi connectivity index (χ1n) is 43.2. The summed E-state index contributed by atoms with van der Waals surface area (Å²) in [6.07, 6.45) is 61.3. The SMILES string of the molecule is CCC(C)CCCCCCCCCCCCC(=O)O[C@H](COC(=O)CCCCCCCCC(C)C)COP(=O)(O)OC[C@H](O)COP(=O)(O)OC[C@@H](COC(=O)CCCCCCCCCCCCCCCCCCC(C)C)OC(=O)CCCCCCCCCCCCCCCCCCCCC(C)C. The van der Waals surface area contributed by atoms with E-state index < -0.39 is 97.5 Å². The van der Waals surface area contributed by atoms with Gasteiger partial charge in [0.15, 0.2) is 12.2 Å². The Morgan fingerprint density at radius 2 is 0.466 bits per heavy atom. The zero-order valence-electron chi connectivity index (χ0n) is 68.0. The minimum atomic E-state index is -4.97. The van der Waals surface area contributed by atoms with Crippen molar-refractivity contribution in [3.63, 3.8) is 0 Å². The van der Waals surface area contributed by atoms with Gasteiger partial charge in [-0.1, -0.05) is 383 Å². The highest BCUT2D eigenvalue weighted by Gasteiger charge is 2.30. The molecule has 0 spiro atoms. The predicted molar refractivity (Wildman–Crippen MR) is 423 cm³/mol. The molecule has 0 radical (unpaired) electrons. The van der Waals surface area contributed by atoms with Crippen LogP contribution in [-0.4, -0.2) is 96.7 Å². The number of aliphatic hydroxyl groups is 1. The van der Waals surface area contributed by atoms with Gasteiger partial charge in [-0.3, -0.25) is 37.3 Å².